The lowest BCUT2D eigenvalue weighted by Crippen LogP contribution is -2.43. The molecule has 0 bridgehead atoms. The highest BCUT2D eigenvalue weighted by Gasteiger charge is 2.18. The Kier molecular flexibility index (Phi) is 9.66. The highest BCUT2D eigenvalue weighted by Crippen LogP contribution is 2.35. The van der Waals surface area contributed by atoms with Crippen LogP contribution in [0.2, 0.25) is 0 Å². The SMILES string of the molecule is CCn1cc(CNc2ncc3cc(-c4cc(OC)cc(OC)c4)c(NC(=O)NC(C)(C)C)nc3n2)nn1.O=C=O. The van der Waals surface area contributed by atoms with Crippen LogP contribution in [0.15, 0.2) is 36.7 Å². The average Bonchev–Trinajstić information content (AvgIpc) is 3.38. The summed E-state index contributed by atoms with van der Waals surface area (Å²) in [5, 5.41) is 17.8. The summed E-state index contributed by atoms with van der Waals surface area (Å²) in [5.41, 5.74) is 2.16. The van der Waals surface area contributed by atoms with Crippen LogP contribution in [0, 0.1) is 0 Å². The fourth-order valence-electron chi connectivity index (χ4n) is 3.55. The van der Waals surface area contributed by atoms with Gasteiger partial charge in [-0.2, -0.15) is 14.6 Å². The lowest BCUT2D eigenvalue weighted by Gasteiger charge is -2.21. The fraction of sp³-hybridized carbons (Fsp3) is 0.346. The van der Waals surface area contributed by atoms with Crippen molar-refractivity contribution in [2.75, 3.05) is 24.9 Å². The Hall–Kier alpha value is -5.10. The molecule has 3 aromatic heterocycles. The van der Waals surface area contributed by atoms with E-state index in [2.05, 4.69) is 41.2 Å². The normalized spacial score (nSPS) is 10.7. The van der Waals surface area contributed by atoms with Crippen LogP contribution in [0.25, 0.3) is 22.2 Å². The first-order valence-electron chi connectivity index (χ1n) is 12.2. The minimum absolute atomic E-state index is 0.250. The van der Waals surface area contributed by atoms with E-state index in [0.29, 0.717) is 46.4 Å². The van der Waals surface area contributed by atoms with Crippen LogP contribution < -0.4 is 25.4 Å². The van der Waals surface area contributed by atoms with Gasteiger partial charge in [-0.15, -0.1) is 5.10 Å². The Bertz CT molecular complexity index is 1490. The zero-order chi connectivity index (χ0) is 29.3. The number of anilines is 2. The second-order valence-electron chi connectivity index (χ2n) is 9.42. The predicted molar refractivity (Wildman–Crippen MR) is 146 cm³/mol. The van der Waals surface area contributed by atoms with Gasteiger partial charge in [-0.3, -0.25) is 10.00 Å². The van der Waals surface area contributed by atoms with Crippen molar-refractivity contribution in [3.05, 3.63) is 42.4 Å². The molecule has 0 aliphatic carbocycles. The van der Waals surface area contributed by atoms with Gasteiger partial charge in [0.15, 0.2) is 5.65 Å². The first kappa shape index (κ1) is 29.5. The van der Waals surface area contributed by atoms with Crippen molar-refractivity contribution >= 4 is 35.0 Å². The summed E-state index contributed by atoms with van der Waals surface area (Å²) in [7, 11) is 3.16. The van der Waals surface area contributed by atoms with E-state index in [1.165, 1.54) is 0 Å². The maximum absolute atomic E-state index is 12.8. The summed E-state index contributed by atoms with van der Waals surface area (Å²) in [5.74, 6) is 1.93. The second kappa shape index (κ2) is 13.1. The molecule has 0 aliphatic rings. The van der Waals surface area contributed by atoms with Gasteiger partial charge in [-0.25, -0.2) is 14.8 Å². The fourth-order valence-corrected chi connectivity index (χ4v) is 3.55. The molecule has 0 atom stereocenters. The van der Waals surface area contributed by atoms with Crippen molar-refractivity contribution in [2.45, 2.75) is 46.3 Å². The molecule has 0 saturated heterocycles. The number of rotatable bonds is 8. The molecule has 0 aliphatic heterocycles. The van der Waals surface area contributed by atoms with Gasteiger partial charge >= 0.3 is 12.2 Å². The van der Waals surface area contributed by atoms with E-state index in [1.807, 2.05) is 52.1 Å². The number of aromatic nitrogens is 6. The van der Waals surface area contributed by atoms with Crippen molar-refractivity contribution in [2.24, 2.45) is 0 Å². The Balaban J connectivity index is 0.00000141. The summed E-state index contributed by atoms with van der Waals surface area (Å²) in [6.45, 7) is 8.85. The van der Waals surface area contributed by atoms with Gasteiger partial charge in [0.05, 0.1) is 27.0 Å². The predicted octanol–water partition coefficient (Wildman–Crippen LogP) is 3.27. The Morgan fingerprint density at radius 1 is 1.05 bits per heavy atom. The molecular formula is C26H31N9O5. The van der Waals surface area contributed by atoms with Gasteiger partial charge in [-0.05, 0) is 51.5 Å². The van der Waals surface area contributed by atoms with Crippen LogP contribution in [0.1, 0.15) is 33.4 Å². The summed E-state index contributed by atoms with van der Waals surface area (Å²) in [6, 6.07) is 6.95. The van der Waals surface area contributed by atoms with Gasteiger partial charge in [0.1, 0.15) is 23.0 Å². The van der Waals surface area contributed by atoms with Gasteiger partial charge in [0.25, 0.3) is 0 Å². The van der Waals surface area contributed by atoms with E-state index in [0.717, 1.165) is 17.8 Å². The molecule has 3 N–H and O–H groups in total. The summed E-state index contributed by atoms with van der Waals surface area (Å²) < 4.78 is 12.6. The lowest BCUT2D eigenvalue weighted by molar-refractivity contribution is -0.191. The molecule has 0 unspecified atom stereocenters. The minimum Gasteiger partial charge on any atom is -0.497 e. The van der Waals surface area contributed by atoms with Crippen molar-refractivity contribution in [3.8, 4) is 22.6 Å². The number of hydrogen-bond acceptors (Lipinski definition) is 11. The molecule has 40 heavy (non-hydrogen) atoms. The lowest BCUT2D eigenvalue weighted by atomic mass is 10.0. The first-order chi connectivity index (χ1) is 19.1. The topological polar surface area (TPSA) is 175 Å². The molecule has 210 valence electrons. The van der Waals surface area contributed by atoms with E-state index in [4.69, 9.17) is 19.1 Å². The number of carbonyl (C=O) groups is 1. The number of benzene rings is 1. The van der Waals surface area contributed by atoms with E-state index in [9.17, 15) is 4.79 Å². The molecular weight excluding hydrogens is 518 g/mol. The van der Waals surface area contributed by atoms with Gasteiger partial charge < -0.3 is 20.1 Å². The van der Waals surface area contributed by atoms with Crippen LogP contribution in [0.4, 0.5) is 16.6 Å². The number of hydrogen-bond donors (Lipinski definition) is 3. The van der Waals surface area contributed by atoms with Crippen LogP contribution >= 0.6 is 0 Å². The number of urea groups is 1. The zero-order valence-corrected chi connectivity index (χ0v) is 23.1. The molecule has 0 radical (unpaired) electrons. The number of carbonyl (C=O) groups excluding carboxylic acids is 3. The number of nitrogens with zero attached hydrogens (tertiary/aromatic N) is 6. The number of pyridine rings is 1. The van der Waals surface area contributed by atoms with Crippen LogP contribution in [0.3, 0.4) is 0 Å². The van der Waals surface area contributed by atoms with E-state index >= 15 is 0 Å². The van der Waals surface area contributed by atoms with E-state index < -0.39 is 5.54 Å². The Labute approximate surface area is 230 Å². The number of nitrogens with one attached hydrogen (secondary N) is 3. The highest BCUT2D eigenvalue weighted by atomic mass is 16.5. The molecule has 14 nitrogen and oxygen atoms in total. The number of fused-ring (bicyclic) bond motifs is 1. The van der Waals surface area contributed by atoms with Crippen molar-refractivity contribution in [1.82, 2.24) is 35.3 Å². The van der Waals surface area contributed by atoms with E-state index in [-0.39, 0.29) is 12.2 Å². The molecule has 0 saturated carbocycles. The molecule has 4 rings (SSSR count). The maximum Gasteiger partial charge on any atom is 0.373 e. The Morgan fingerprint density at radius 2 is 1.73 bits per heavy atom. The van der Waals surface area contributed by atoms with Gasteiger partial charge in [0, 0.05) is 35.3 Å². The third kappa shape index (κ3) is 7.95. The standard InChI is InChI=1S/C25H31N9O3.CO2/c1-7-34-14-17(32-33-34)13-27-23-26-12-16-10-20(15-8-18(36-5)11-19(9-15)37-6)22(28-21(16)29-23)30-24(35)31-25(2,3)4;2-1-3/h8-12,14H,7,13H2,1-6H3,(H3,26,27,28,29,30,31,35);. The Morgan fingerprint density at radius 3 is 2.30 bits per heavy atom. The summed E-state index contributed by atoms with van der Waals surface area (Å²) >= 11 is 0. The molecule has 4 aromatic rings. The number of ether oxygens (including phenoxy) is 2. The molecule has 2 amide bonds. The average molecular weight is 550 g/mol. The zero-order valence-electron chi connectivity index (χ0n) is 23.1. The third-order valence-electron chi connectivity index (χ3n) is 5.29. The third-order valence-corrected chi connectivity index (χ3v) is 5.29. The summed E-state index contributed by atoms with van der Waals surface area (Å²) in [4.78, 5) is 42.7. The minimum atomic E-state index is -0.431. The molecule has 14 heteroatoms. The van der Waals surface area contributed by atoms with Crippen LogP contribution in [-0.2, 0) is 22.7 Å². The quantitative estimate of drug-likeness (QED) is 0.294. The molecule has 0 fully saturated rings. The van der Waals surface area contributed by atoms with Crippen molar-refractivity contribution in [3.63, 3.8) is 0 Å². The van der Waals surface area contributed by atoms with E-state index in [1.54, 1.807) is 31.2 Å². The monoisotopic (exact) mass is 549 g/mol. The number of aryl methyl sites for hydroxylation is 1. The van der Waals surface area contributed by atoms with Crippen LogP contribution in [-0.4, -0.2) is 61.9 Å². The number of methoxy groups -OCH3 is 2. The first-order valence-corrected chi connectivity index (χ1v) is 12.2. The second-order valence-corrected chi connectivity index (χ2v) is 9.42. The highest BCUT2D eigenvalue weighted by molar-refractivity contribution is 5.96. The molecule has 3 heterocycles. The molecule has 1 aromatic carbocycles. The smallest absolute Gasteiger partial charge is 0.373 e. The van der Waals surface area contributed by atoms with Crippen molar-refractivity contribution in [1.29, 1.82) is 0 Å². The number of amides is 2. The van der Waals surface area contributed by atoms with Crippen LogP contribution in [0.5, 0.6) is 11.5 Å². The van der Waals surface area contributed by atoms with Gasteiger partial charge in [-0.1, -0.05) is 5.21 Å². The van der Waals surface area contributed by atoms with Gasteiger partial charge in [0.2, 0.25) is 5.95 Å². The largest absolute Gasteiger partial charge is 0.497 e. The molecule has 0 spiro atoms. The maximum atomic E-state index is 12.8. The summed E-state index contributed by atoms with van der Waals surface area (Å²) in [6.07, 6.45) is 3.79. The van der Waals surface area contributed by atoms with Crippen molar-refractivity contribution < 1.29 is 23.9 Å².